The van der Waals surface area contributed by atoms with Gasteiger partial charge in [-0.15, -0.1) is 0 Å². The van der Waals surface area contributed by atoms with Crippen LogP contribution in [0.1, 0.15) is 32.4 Å². The van der Waals surface area contributed by atoms with Crippen LogP contribution in [-0.2, 0) is 16.1 Å². The van der Waals surface area contributed by atoms with E-state index >= 15 is 0 Å². The first-order chi connectivity index (χ1) is 8.63. The molecule has 1 aromatic rings. The molecule has 0 bridgehead atoms. The minimum Gasteiger partial charge on any atom is -0.467 e. The van der Waals surface area contributed by atoms with Crippen molar-refractivity contribution in [3.8, 4) is 0 Å². The van der Waals surface area contributed by atoms with Crippen LogP contribution in [-0.4, -0.2) is 29.8 Å². The molecule has 0 saturated carbocycles. The van der Waals surface area contributed by atoms with Crippen molar-refractivity contribution in [1.29, 1.82) is 0 Å². The minimum absolute atomic E-state index is 0.0269. The van der Waals surface area contributed by atoms with Crippen LogP contribution in [0.3, 0.4) is 0 Å². The van der Waals surface area contributed by atoms with Gasteiger partial charge in [-0.3, -0.25) is 9.59 Å². The normalized spacial score (nSPS) is 10.1. The summed E-state index contributed by atoms with van der Waals surface area (Å²) in [5, 5.41) is 2.79. The van der Waals surface area contributed by atoms with Gasteiger partial charge in [-0.25, -0.2) is 0 Å². The van der Waals surface area contributed by atoms with Crippen molar-refractivity contribution in [3.05, 3.63) is 24.2 Å². The molecule has 5 nitrogen and oxygen atoms in total. The van der Waals surface area contributed by atoms with Crippen LogP contribution in [0, 0.1) is 0 Å². The highest BCUT2D eigenvalue weighted by molar-refractivity contribution is 5.76. The maximum atomic E-state index is 11.4. The van der Waals surface area contributed by atoms with E-state index < -0.39 is 0 Å². The van der Waals surface area contributed by atoms with Gasteiger partial charge in [0.1, 0.15) is 5.76 Å². The summed E-state index contributed by atoms with van der Waals surface area (Å²) in [6, 6.07) is 3.61. The molecular formula is C13H20N2O3. The van der Waals surface area contributed by atoms with E-state index in [9.17, 15) is 9.59 Å². The zero-order chi connectivity index (χ0) is 13.4. The second kappa shape index (κ2) is 7.53. The number of rotatable bonds is 7. The molecule has 0 aliphatic heterocycles. The summed E-state index contributed by atoms with van der Waals surface area (Å²) in [6.07, 6.45) is 2.93. The highest BCUT2D eigenvalue weighted by Gasteiger charge is 2.11. The molecule has 5 heteroatoms. The Morgan fingerprint density at radius 3 is 2.78 bits per heavy atom. The van der Waals surface area contributed by atoms with Gasteiger partial charge in [0, 0.05) is 26.4 Å². The smallest absolute Gasteiger partial charge is 0.220 e. The number of amides is 2. The van der Waals surface area contributed by atoms with E-state index in [-0.39, 0.29) is 11.8 Å². The maximum Gasteiger partial charge on any atom is 0.220 e. The third-order valence-corrected chi connectivity index (χ3v) is 2.55. The SMILES string of the molecule is CCCC(=O)NCCN(Cc1ccco1)C(C)=O. The number of furan rings is 1. The highest BCUT2D eigenvalue weighted by Crippen LogP contribution is 2.05. The van der Waals surface area contributed by atoms with Gasteiger partial charge in [-0.1, -0.05) is 6.92 Å². The molecule has 1 aromatic heterocycles. The summed E-state index contributed by atoms with van der Waals surface area (Å²) in [5.41, 5.74) is 0. The number of nitrogens with one attached hydrogen (secondary N) is 1. The van der Waals surface area contributed by atoms with Gasteiger partial charge in [0.2, 0.25) is 11.8 Å². The molecule has 0 unspecified atom stereocenters. The van der Waals surface area contributed by atoms with Crippen LogP contribution < -0.4 is 5.32 Å². The molecule has 0 atom stereocenters. The fourth-order valence-electron chi connectivity index (χ4n) is 1.58. The lowest BCUT2D eigenvalue weighted by Crippen LogP contribution is -2.36. The predicted octanol–water partition coefficient (Wildman–Crippen LogP) is 1.54. The Morgan fingerprint density at radius 2 is 2.22 bits per heavy atom. The first-order valence-electron chi connectivity index (χ1n) is 6.18. The van der Waals surface area contributed by atoms with E-state index in [1.807, 2.05) is 13.0 Å². The Morgan fingerprint density at radius 1 is 1.44 bits per heavy atom. The lowest BCUT2D eigenvalue weighted by Gasteiger charge is -2.19. The van der Waals surface area contributed by atoms with E-state index in [4.69, 9.17) is 4.42 Å². The lowest BCUT2D eigenvalue weighted by atomic mass is 10.3. The summed E-state index contributed by atoms with van der Waals surface area (Å²) >= 11 is 0. The maximum absolute atomic E-state index is 11.4. The van der Waals surface area contributed by atoms with E-state index in [1.165, 1.54) is 6.92 Å². The predicted molar refractivity (Wildman–Crippen MR) is 67.7 cm³/mol. The Hall–Kier alpha value is -1.78. The molecule has 0 saturated heterocycles. The topological polar surface area (TPSA) is 62.6 Å². The van der Waals surface area contributed by atoms with Crippen LogP contribution in [0.2, 0.25) is 0 Å². The molecule has 0 aromatic carbocycles. The quantitative estimate of drug-likeness (QED) is 0.800. The Bertz CT molecular complexity index is 374. The summed E-state index contributed by atoms with van der Waals surface area (Å²) in [5.74, 6) is 0.736. The van der Waals surface area contributed by atoms with Crippen molar-refractivity contribution in [1.82, 2.24) is 10.2 Å². The van der Waals surface area contributed by atoms with Gasteiger partial charge in [0.25, 0.3) is 0 Å². The first-order valence-corrected chi connectivity index (χ1v) is 6.18. The van der Waals surface area contributed by atoms with Gasteiger partial charge >= 0.3 is 0 Å². The Kier molecular flexibility index (Phi) is 5.97. The average Bonchev–Trinajstić information content (AvgIpc) is 2.80. The molecular weight excluding hydrogens is 232 g/mol. The second-order valence-corrected chi connectivity index (χ2v) is 4.12. The summed E-state index contributed by atoms with van der Waals surface area (Å²) < 4.78 is 5.20. The number of carbonyl (C=O) groups is 2. The summed E-state index contributed by atoms with van der Waals surface area (Å²) in [4.78, 5) is 24.4. The van der Waals surface area contributed by atoms with Crippen LogP contribution in [0.15, 0.2) is 22.8 Å². The van der Waals surface area contributed by atoms with Gasteiger partial charge in [-0.2, -0.15) is 0 Å². The molecule has 2 amide bonds. The third kappa shape index (κ3) is 5.03. The fraction of sp³-hybridized carbons (Fsp3) is 0.538. The van der Waals surface area contributed by atoms with Gasteiger partial charge in [0.15, 0.2) is 0 Å². The molecule has 0 aliphatic carbocycles. The number of hydrogen-bond donors (Lipinski definition) is 1. The number of hydrogen-bond acceptors (Lipinski definition) is 3. The molecule has 100 valence electrons. The molecule has 0 aliphatic rings. The van der Waals surface area contributed by atoms with Gasteiger partial charge in [0.05, 0.1) is 12.8 Å². The largest absolute Gasteiger partial charge is 0.467 e. The molecule has 1 N–H and O–H groups in total. The van der Waals surface area contributed by atoms with Crippen molar-refractivity contribution in [3.63, 3.8) is 0 Å². The Balaban J connectivity index is 2.35. The zero-order valence-electron chi connectivity index (χ0n) is 10.9. The monoisotopic (exact) mass is 252 g/mol. The molecule has 1 heterocycles. The molecule has 0 fully saturated rings. The minimum atomic E-state index is -0.0314. The van der Waals surface area contributed by atoms with Crippen LogP contribution in [0.4, 0.5) is 0 Å². The molecule has 0 radical (unpaired) electrons. The summed E-state index contributed by atoms with van der Waals surface area (Å²) in [7, 11) is 0. The lowest BCUT2D eigenvalue weighted by molar-refractivity contribution is -0.130. The van der Waals surface area contributed by atoms with Crippen molar-refractivity contribution < 1.29 is 14.0 Å². The van der Waals surface area contributed by atoms with Crippen LogP contribution >= 0.6 is 0 Å². The first kappa shape index (κ1) is 14.3. The van der Waals surface area contributed by atoms with E-state index in [1.54, 1.807) is 17.2 Å². The van der Waals surface area contributed by atoms with Crippen LogP contribution in [0.25, 0.3) is 0 Å². The van der Waals surface area contributed by atoms with Crippen molar-refractivity contribution in [2.45, 2.75) is 33.2 Å². The van der Waals surface area contributed by atoms with E-state index in [2.05, 4.69) is 5.32 Å². The standard InChI is InChI=1S/C13H20N2O3/c1-3-5-13(17)14-7-8-15(11(2)16)10-12-6-4-9-18-12/h4,6,9H,3,5,7-8,10H2,1-2H3,(H,14,17). The Labute approximate surface area is 107 Å². The van der Waals surface area contributed by atoms with Crippen LogP contribution in [0.5, 0.6) is 0 Å². The molecule has 18 heavy (non-hydrogen) atoms. The number of nitrogens with zero attached hydrogens (tertiary/aromatic N) is 1. The fourth-order valence-corrected chi connectivity index (χ4v) is 1.58. The van der Waals surface area contributed by atoms with Gasteiger partial charge < -0.3 is 14.6 Å². The third-order valence-electron chi connectivity index (χ3n) is 2.55. The highest BCUT2D eigenvalue weighted by atomic mass is 16.3. The van der Waals surface area contributed by atoms with Gasteiger partial charge in [-0.05, 0) is 18.6 Å². The summed E-state index contributed by atoms with van der Waals surface area (Å²) in [6.45, 7) is 4.87. The van der Waals surface area contributed by atoms with Crippen molar-refractivity contribution in [2.24, 2.45) is 0 Å². The average molecular weight is 252 g/mol. The molecule has 0 spiro atoms. The second-order valence-electron chi connectivity index (χ2n) is 4.12. The number of carbonyl (C=O) groups excluding carboxylic acids is 2. The van der Waals surface area contributed by atoms with E-state index in [0.717, 1.165) is 12.2 Å². The van der Waals surface area contributed by atoms with Crippen molar-refractivity contribution in [2.75, 3.05) is 13.1 Å². The van der Waals surface area contributed by atoms with Crippen molar-refractivity contribution >= 4 is 11.8 Å². The van der Waals surface area contributed by atoms with E-state index in [0.29, 0.717) is 26.1 Å². The zero-order valence-corrected chi connectivity index (χ0v) is 10.9. The molecule has 1 rings (SSSR count).